The van der Waals surface area contributed by atoms with E-state index in [0.717, 1.165) is 5.56 Å². The molecule has 0 saturated heterocycles. The Hall–Kier alpha value is -4.88. The predicted molar refractivity (Wildman–Crippen MR) is 172 cm³/mol. The number of ketones is 2. The largest absolute Gasteiger partial charge is 0.508 e. The lowest BCUT2D eigenvalue weighted by Gasteiger charge is -2.59. The van der Waals surface area contributed by atoms with Gasteiger partial charge in [0.15, 0.2) is 11.4 Å². The monoisotopic (exact) mass is 648 g/mol. The number of primary amides is 1. The fourth-order valence-corrected chi connectivity index (χ4v) is 7.88. The van der Waals surface area contributed by atoms with E-state index in [4.69, 9.17) is 10.5 Å². The molecule has 0 heterocycles. The molecular weight excluding hydrogens is 608 g/mol. The van der Waals surface area contributed by atoms with Crippen LogP contribution in [0.25, 0.3) is 5.76 Å². The summed E-state index contributed by atoms with van der Waals surface area (Å²) in [5.41, 5.74) is 0.756. The maximum absolute atomic E-state index is 14.5. The summed E-state index contributed by atoms with van der Waals surface area (Å²) in [6.45, 7) is 4.88. The van der Waals surface area contributed by atoms with Gasteiger partial charge in [-0.05, 0) is 57.6 Å². The molecule has 7 N–H and O–H groups in total. The zero-order valence-electron chi connectivity index (χ0n) is 27.4. The summed E-state index contributed by atoms with van der Waals surface area (Å²) < 4.78 is 5.32. The van der Waals surface area contributed by atoms with Crippen molar-refractivity contribution in [3.8, 4) is 11.5 Å². The average Bonchev–Trinajstić information content (AvgIpc) is 2.95. The molecule has 47 heavy (non-hydrogen) atoms. The van der Waals surface area contributed by atoms with Gasteiger partial charge in [-0.15, -0.1) is 0 Å². The van der Waals surface area contributed by atoms with Gasteiger partial charge in [0.2, 0.25) is 5.78 Å². The highest BCUT2D eigenvalue weighted by Gasteiger charge is 2.72. The highest BCUT2D eigenvalue weighted by atomic mass is 16.6. The number of benzene rings is 2. The molecule has 3 aliphatic rings. The van der Waals surface area contributed by atoms with Gasteiger partial charge in [0, 0.05) is 48.3 Å². The zero-order chi connectivity index (χ0) is 35.0. The number of nitrogens with one attached hydrogen (secondary N) is 1. The first-order chi connectivity index (χ1) is 21.8. The lowest BCUT2D eigenvalue weighted by molar-refractivity contribution is -0.176. The maximum Gasteiger partial charge on any atom is 0.412 e. The van der Waals surface area contributed by atoms with E-state index in [0.29, 0.717) is 17.0 Å². The molecule has 0 spiro atoms. The summed E-state index contributed by atoms with van der Waals surface area (Å²) in [5.74, 6) is -5.16. The number of likely N-dealkylation sites (N-methyl/N-ethyl adjacent to an activating group) is 1. The van der Waals surface area contributed by atoms with Crippen molar-refractivity contribution in [3.05, 3.63) is 69.5 Å². The molecule has 13 heteroatoms. The molecule has 2 amide bonds. The highest BCUT2D eigenvalue weighted by molar-refractivity contribution is 6.25. The molecule has 2 aromatic rings. The number of ether oxygens (including phenoxy) is 1. The average molecular weight is 649 g/mol. The number of nitrogens with two attached hydrogens (primary N) is 1. The van der Waals surface area contributed by atoms with E-state index < -0.39 is 68.9 Å². The van der Waals surface area contributed by atoms with Crippen molar-refractivity contribution >= 4 is 35.0 Å². The van der Waals surface area contributed by atoms with Crippen LogP contribution in [0, 0.1) is 17.8 Å². The third-order valence-electron chi connectivity index (χ3n) is 9.82. The van der Waals surface area contributed by atoms with Crippen LogP contribution in [0.3, 0.4) is 0 Å². The molecule has 0 radical (unpaired) electrons. The summed E-state index contributed by atoms with van der Waals surface area (Å²) in [7, 11) is 6.62. The molecule has 1 fully saturated rings. The Balaban J connectivity index is 1.64. The van der Waals surface area contributed by atoms with Crippen molar-refractivity contribution in [1.29, 1.82) is 0 Å². The molecule has 0 aromatic heterocycles. The molecule has 13 nitrogen and oxygen atoms in total. The van der Waals surface area contributed by atoms with Crippen LogP contribution in [0.15, 0.2) is 47.2 Å². The van der Waals surface area contributed by atoms with Crippen LogP contribution >= 0.6 is 0 Å². The van der Waals surface area contributed by atoms with Gasteiger partial charge >= 0.3 is 6.09 Å². The lowest BCUT2D eigenvalue weighted by Crippen LogP contribution is -2.72. The third kappa shape index (κ3) is 4.83. The number of anilines is 1. The number of phenols is 1. The minimum Gasteiger partial charge on any atom is -0.508 e. The number of phenolic OH excluding ortho intramolecular Hbond substituents is 1. The Morgan fingerprint density at radius 1 is 1.06 bits per heavy atom. The van der Waals surface area contributed by atoms with Gasteiger partial charge in [-0.2, -0.15) is 0 Å². The molecular formula is C34H40N4O9. The van der Waals surface area contributed by atoms with Crippen molar-refractivity contribution in [2.45, 2.75) is 51.8 Å². The van der Waals surface area contributed by atoms with Crippen molar-refractivity contribution < 1.29 is 44.3 Å². The highest BCUT2D eigenvalue weighted by Crippen LogP contribution is 2.63. The van der Waals surface area contributed by atoms with Crippen LogP contribution in [0.5, 0.6) is 11.5 Å². The first-order valence-corrected chi connectivity index (χ1v) is 15.0. The number of aromatic hydroxyl groups is 1. The molecule has 1 saturated carbocycles. The van der Waals surface area contributed by atoms with E-state index in [-0.39, 0.29) is 36.1 Å². The molecule has 4 atom stereocenters. The number of aliphatic hydroxyl groups excluding tert-OH is 2. The van der Waals surface area contributed by atoms with Crippen LogP contribution < -0.4 is 20.7 Å². The Bertz CT molecular complexity index is 1800. The number of carbonyl (C=O) groups is 4. The van der Waals surface area contributed by atoms with Gasteiger partial charge in [0.05, 0.1) is 11.6 Å². The first kappa shape index (κ1) is 33.5. The smallest absolute Gasteiger partial charge is 0.412 e. The van der Waals surface area contributed by atoms with Gasteiger partial charge in [-0.25, -0.2) is 4.79 Å². The van der Waals surface area contributed by atoms with E-state index in [9.17, 15) is 39.6 Å². The van der Waals surface area contributed by atoms with Crippen molar-refractivity contribution in [2.24, 2.45) is 16.6 Å². The Labute approximate surface area is 271 Å². The number of amides is 2. The summed E-state index contributed by atoms with van der Waals surface area (Å²) in [6, 6.07) is 7.26. The fourth-order valence-electron chi connectivity index (χ4n) is 7.88. The van der Waals surface area contributed by atoms with Crippen LogP contribution in [0.1, 0.15) is 42.5 Å². The van der Waals surface area contributed by atoms with Crippen LogP contribution in [-0.4, -0.2) is 88.7 Å². The topological polar surface area (TPSA) is 203 Å². The standard InChI is InChI=1S/C34H40N4O9/c1-16-8-10-18(11-9-16)47-31(45)36-14-17-12-20(37(4)5)19-13-32(2)15-33(3)27(38(6)7)26(41)22(30(35)44)28(42)34(33,46)29(43)23(32)25(40)21(19)24(17)39/h8-12,27,39-40,42,46H,13-15H2,1-7H3,(H2,35,44)(H,36,45)/t27-,32+,33+,34-/m1/s1. The number of aliphatic hydroxyl groups is 3. The van der Waals surface area contributed by atoms with Gasteiger partial charge in [0.1, 0.15) is 28.6 Å². The van der Waals surface area contributed by atoms with Crippen LogP contribution in [0.2, 0.25) is 0 Å². The SMILES string of the molecule is Cc1ccc(OC(=O)NCc2cc(N(C)C)c3c(c2O)C(O)=C2C(=O)[C@]4(O)C(O)=C(C(N)=O)C(=O)[C@@H](N(C)C)[C@]4(C)C[C@]2(C)C3)cc1. The fraction of sp³-hybridized carbons (Fsp3) is 0.412. The summed E-state index contributed by atoms with van der Waals surface area (Å²) in [6.07, 6.45) is -0.787. The molecule has 0 bridgehead atoms. The van der Waals surface area contributed by atoms with Crippen molar-refractivity contribution in [3.63, 3.8) is 0 Å². The number of aryl methyl sites for hydroxylation is 1. The van der Waals surface area contributed by atoms with E-state index in [1.54, 1.807) is 70.3 Å². The van der Waals surface area contributed by atoms with E-state index in [1.807, 2.05) is 6.92 Å². The van der Waals surface area contributed by atoms with Crippen LogP contribution in [-0.2, 0) is 27.3 Å². The van der Waals surface area contributed by atoms with Gasteiger partial charge < -0.3 is 41.1 Å². The Kier molecular flexibility index (Phi) is 7.93. The molecule has 0 aliphatic heterocycles. The Morgan fingerprint density at radius 2 is 1.68 bits per heavy atom. The number of fused-ring (bicyclic) bond motifs is 3. The lowest BCUT2D eigenvalue weighted by atomic mass is 9.46. The summed E-state index contributed by atoms with van der Waals surface area (Å²) >= 11 is 0. The van der Waals surface area contributed by atoms with Gasteiger partial charge in [-0.1, -0.05) is 31.5 Å². The van der Waals surface area contributed by atoms with Crippen molar-refractivity contribution in [1.82, 2.24) is 10.2 Å². The third-order valence-corrected chi connectivity index (χ3v) is 9.82. The minimum absolute atomic E-state index is 0.0810. The number of hydrogen-bond donors (Lipinski definition) is 6. The summed E-state index contributed by atoms with van der Waals surface area (Å²) in [4.78, 5) is 56.3. The maximum atomic E-state index is 14.5. The molecule has 3 aliphatic carbocycles. The number of hydrogen-bond acceptors (Lipinski definition) is 11. The molecule has 0 unspecified atom stereocenters. The number of carbonyl (C=O) groups excluding carboxylic acids is 4. The predicted octanol–water partition coefficient (Wildman–Crippen LogP) is 2.41. The second-order valence-electron chi connectivity index (χ2n) is 13.6. The minimum atomic E-state index is -2.82. The number of Topliss-reactive ketones (excluding diaryl/α,β-unsaturated/α-hetero) is 2. The quantitative estimate of drug-likeness (QED) is 0.251. The number of nitrogens with zero attached hydrogens (tertiary/aromatic N) is 2. The Morgan fingerprint density at radius 3 is 2.23 bits per heavy atom. The van der Waals surface area contributed by atoms with Gasteiger partial charge in [0.25, 0.3) is 5.91 Å². The second kappa shape index (κ2) is 11.1. The summed E-state index contributed by atoms with van der Waals surface area (Å²) in [5, 5.41) is 49.4. The van der Waals surface area contributed by atoms with E-state index >= 15 is 0 Å². The van der Waals surface area contributed by atoms with E-state index in [2.05, 4.69) is 5.32 Å². The molecule has 2 aromatic carbocycles. The zero-order valence-corrected chi connectivity index (χ0v) is 27.4. The van der Waals surface area contributed by atoms with Crippen LogP contribution in [0.4, 0.5) is 10.5 Å². The molecule has 5 rings (SSSR count). The molecule has 250 valence electrons. The first-order valence-electron chi connectivity index (χ1n) is 15.0. The second-order valence-corrected chi connectivity index (χ2v) is 13.6. The van der Waals surface area contributed by atoms with E-state index in [1.165, 1.54) is 11.8 Å². The normalized spacial score (nSPS) is 26.9. The van der Waals surface area contributed by atoms with Crippen molar-refractivity contribution in [2.75, 3.05) is 33.1 Å². The van der Waals surface area contributed by atoms with Gasteiger partial charge in [-0.3, -0.25) is 19.3 Å². The number of rotatable bonds is 6.